The van der Waals surface area contributed by atoms with Gasteiger partial charge in [0.15, 0.2) is 9.84 Å². The van der Waals surface area contributed by atoms with Gasteiger partial charge in [0.1, 0.15) is 0 Å². The third-order valence-corrected chi connectivity index (χ3v) is 8.42. The van der Waals surface area contributed by atoms with Crippen LogP contribution in [0.3, 0.4) is 0 Å². The summed E-state index contributed by atoms with van der Waals surface area (Å²) in [5.74, 6) is 0.128. The highest BCUT2D eigenvalue weighted by molar-refractivity contribution is 7.93. The Morgan fingerprint density at radius 1 is 1.05 bits per heavy atom. The molecule has 2 atom stereocenters. The summed E-state index contributed by atoms with van der Waals surface area (Å²) in [6.45, 7) is 10.4. The lowest BCUT2D eigenvalue weighted by molar-refractivity contribution is 0.164. The van der Waals surface area contributed by atoms with Crippen molar-refractivity contribution in [1.82, 2.24) is 0 Å². The van der Waals surface area contributed by atoms with E-state index in [1.807, 2.05) is 19.9 Å². The Balaban J connectivity index is 2.43. The molecular weight excluding hydrogens is 268 g/mol. The van der Waals surface area contributed by atoms with Crippen molar-refractivity contribution in [3.8, 4) is 0 Å². The number of hydrogen-bond donors (Lipinski definition) is 0. The van der Waals surface area contributed by atoms with Crippen molar-refractivity contribution in [2.45, 2.75) is 69.4 Å². The molecule has 0 spiro atoms. The van der Waals surface area contributed by atoms with E-state index in [-0.39, 0.29) is 11.3 Å². The van der Waals surface area contributed by atoms with E-state index in [2.05, 4.69) is 26.8 Å². The number of hydrogen-bond acceptors (Lipinski definition) is 2. The van der Waals surface area contributed by atoms with Crippen molar-refractivity contribution in [2.75, 3.05) is 0 Å². The average Bonchev–Trinajstić information content (AvgIpc) is 2.51. The van der Waals surface area contributed by atoms with Crippen molar-refractivity contribution in [3.05, 3.63) is 28.8 Å². The standard InChI is InChI=1S/C17H24O2S/c1-11-7-8-12(2)14-13(11)15-16(3,4)9-6-10-17(15,5)20(14,18)19/h7-8,15H,6,9-10H2,1-5H3/t15-,17-/m0/s1. The molecule has 2 aliphatic rings. The molecule has 3 rings (SSSR count). The predicted molar refractivity (Wildman–Crippen MR) is 81.9 cm³/mol. The molecule has 110 valence electrons. The maximum atomic E-state index is 13.2. The molecule has 1 aliphatic heterocycles. The Bertz CT molecular complexity index is 685. The predicted octanol–water partition coefficient (Wildman–Crippen LogP) is 4.14. The summed E-state index contributed by atoms with van der Waals surface area (Å²) in [6, 6.07) is 4.04. The van der Waals surface area contributed by atoms with Crippen LogP contribution in [0.1, 0.15) is 62.6 Å². The summed E-state index contributed by atoms with van der Waals surface area (Å²) >= 11 is 0. The van der Waals surface area contributed by atoms with Crippen molar-refractivity contribution in [1.29, 1.82) is 0 Å². The number of sulfone groups is 1. The lowest BCUT2D eigenvalue weighted by Crippen LogP contribution is -2.46. The number of fused-ring (bicyclic) bond motifs is 3. The number of aryl methyl sites for hydroxylation is 2. The van der Waals surface area contributed by atoms with E-state index in [0.29, 0.717) is 4.90 Å². The Morgan fingerprint density at radius 2 is 1.65 bits per heavy atom. The molecule has 0 aromatic heterocycles. The summed E-state index contributed by atoms with van der Waals surface area (Å²) in [6.07, 6.45) is 2.90. The molecule has 2 nitrogen and oxygen atoms in total. The van der Waals surface area contributed by atoms with Crippen LogP contribution >= 0.6 is 0 Å². The van der Waals surface area contributed by atoms with Gasteiger partial charge in [-0.25, -0.2) is 8.42 Å². The summed E-state index contributed by atoms with van der Waals surface area (Å²) in [7, 11) is -3.23. The highest BCUT2D eigenvalue weighted by Gasteiger charge is 2.61. The van der Waals surface area contributed by atoms with E-state index in [4.69, 9.17) is 0 Å². The first kappa shape index (κ1) is 14.1. The second-order valence-electron chi connectivity index (χ2n) is 7.53. The molecule has 1 heterocycles. The van der Waals surface area contributed by atoms with Gasteiger partial charge in [-0.15, -0.1) is 0 Å². The van der Waals surface area contributed by atoms with Gasteiger partial charge < -0.3 is 0 Å². The second-order valence-corrected chi connectivity index (χ2v) is 9.88. The van der Waals surface area contributed by atoms with Crippen molar-refractivity contribution < 1.29 is 8.42 Å². The van der Waals surface area contributed by atoms with E-state index < -0.39 is 14.6 Å². The van der Waals surface area contributed by atoms with Crippen molar-refractivity contribution in [2.24, 2.45) is 5.41 Å². The third kappa shape index (κ3) is 1.47. The summed E-state index contributed by atoms with van der Waals surface area (Å²) in [5.41, 5.74) is 3.20. The van der Waals surface area contributed by atoms with Gasteiger partial charge in [0.05, 0.1) is 9.64 Å². The first-order valence-corrected chi connectivity index (χ1v) is 8.96. The van der Waals surface area contributed by atoms with E-state index in [1.165, 1.54) is 0 Å². The van der Waals surface area contributed by atoms with Gasteiger partial charge in [-0.2, -0.15) is 0 Å². The molecule has 0 amide bonds. The maximum Gasteiger partial charge on any atom is 0.184 e. The Kier molecular flexibility index (Phi) is 2.74. The minimum Gasteiger partial charge on any atom is -0.223 e. The summed E-state index contributed by atoms with van der Waals surface area (Å²) in [4.78, 5) is 0.639. The molecule has 0 N–H and O–H groups in total. The van der Waals surface area contributed by atoms with Gasteiger partial charge >= 0.3 is 0 Å². The normalized spacial score (nSPS) is 33.5. The van der Waals surface area contributed by atoms with Gasteiger partial charge in [0.25, 0.3) is 0 Å². The monoisotopic (exact) mass is 292 g/mol. The minimum absolute atomic E-state index is 0.0455. The molecule has 1 aromatic rings. The van der Waals surface area contributed by atoms with Crippen LogP contribution in [0.15, 0.2) is 17.0 Å². The molecule has 0 radical (unpaired) electrons. The summed E-state index contributed by atoms with van der Waals surface area (Å²) < 4.78 is 25.8. The minimum atomic E-state index is -3.23. The fourth-order valence-corrected chi connectivity index (χ4v) is 7.44. The van der Waals surface area contributed by atoms with Crippen LogP contribution in [-0.2, 0) is 9.84 Å². The second kappa shape index (κ2) is 3.88. The first-order chi connectivity index (χ1) is 9.13. The average molecular weight is 292 g/mol. The van der Waals surface area contributed by atoms with Gasteiger partial charge in [-0.3, -0.25) is 0 Å². The zero-order valence-corrected chi connectivity index (χ0v) is 13.9. The lowest BCUT2D eigenvalue weighted by atomic mass is 9.61. The molecule has 0 saturated heterocycles. The maximum absolute atomic E-state index is 13.2. The fourth-order valence-electron chi connectivity index (χ4n) is 4.75. The smallest absolute Gasteiger partial charge is 0.184 e. The molecule has 20 heavy (non-hydrogen) atoms. The van der Waals surface area contributed by atoms with Crippen LogP contribution in [0.5, 0.6) is 0 Å². The lowest BCUT2D eigenvalue weighted by Gasteiger charge is -2.46. The molecular formula is C17H24O2S. The van der Waals surface area contributed by atoms with Crippen LogP contribution in [0.25, 0.3) is 0 Å². The molecule has 1 fully saturated rings. The Morgan fingerprint density at radius 3 is 2.30 bits per heavy atom. The molecule has 0 bridgehead atoms. The number of rotatable bonds is 0. The first-order valence-electron chi connectivity index (χ1n) is 7.48. The molecule has 3 heteroatoms. The van der Waals surface area contributed by atoms with Crippen molar-refractivity contribution >= 4 is 9.84 Å². The fraction of sp³-hybridized carbons (Fsp3) is 0.647. The van der Waals surface area contributed by atoms with Gasteiger partial charge in [0.2, 0.25) is 0 Å². The highest BCUT2D eigenvalue weighted by atomic mass is 32.2. The van der Waals surface area contributed by atoms with E-state index in [9.17, 15) is 8.42 Å². The Labute approximate surface area is 122 Å². The van der Waals surface area contributed by atoms with Crippen molar-refractivity contribution in [3.63, 3.8) is 0 Å². The largest absolute Gasteiger partial charge is 0.223 e. The van der Waals surface area contributed by atoms with Gasteiger partial charge in [-0.1, -0.05) is 32.4 Å². The van der Waals surface area contributed by atoms with E-state index in [0.717, 1.165) is 36.0 Å². The number of benzene rings is 1. The Hall–Kier alpha value is -0.830. The molecule has 1 saturated carbocycles. The van der Waals surface area contributed by atoms with Gasteiger partial charge in [-0.05, 0) is 55.7 Å². The SMILES string of the molecule is Cc1ccc(C)c2c1[C@H]1C(C)(C)CCC[C@]1(C)S2(=O)=O. The quantitative estimate of drug-likeness (QED) is 0.720. The van der Waals surface area contributed by atoms with Crippen LogP contribution in [0.2, 0.25) is 0 Å². The van der Waals surface area contributed by atoms with E-state index >= 15 is 0 Å². The van der Waals surface area contributed by atoms with Crippen LogP contribution in [0, 0.1) is 19.3 Å². The van der Waals surface area contributed by atoms with E-state index in [1.54, 1.807) is 0 Å². The molecule has 1 aliphatic carbocycles. The van der Waals surface area contributed by atoms with Crippen LogP contribution in [0.4, 0.5) is 0 Å². The highest BCUT2D eigenvalue weighted by Crippen LogP contribution is 2.62. The van der Waals surface area contributed by atoms with Gasteiger partial charge in [0, 0.05) is 5.92 Å². The molecule has 1 aromatic carbocycles. The zero-order valence-electron chi connectivity index (χ0n) is 13.1. The molecule has 0 unspecified atom stereocenters. The zero-order chi connectivity index (χ0) is 14.9. The third-order valence-electron chi connectivity index (χ3n) is 5.67. The van der Waals surface area contributed by atoms with Crippen LogP contribution < -0.4 is 0 Å². The summed E-state index contributed by atoms with van der Waals surface area (Å²) in [5, 5.41) is 0. The van der Waals surface area contributed by atoms with Crippen LogP contribution in [-0.4, -0.2) is 13.2 Å². The topological polar surface area (TPSA) is 34.1 Å².